The lowest BCUT2D eigenvalue weighted by molar-refractivity contribution is -0.122. The Morgan fingerprint density at radius 2 is 2.14 bits per heavy atom. The zero-order chi connectivity index (χ0) is 16.0. The van der Waals surface area contributed by atoms with E-state index in [1.165, 1.54) is 10.9 Å². The Bertz CT molecular complexity index is 567. The number of amides is 1. The van der Waals surface area contributed by atoms with Gasteiger partial charge in [-0.1, -0.05) is 13.8 Å². The van der Waals surface area contributed by atoms with Gasteiger partial charge in [0.05, 0.1) is 6.20 Å². The second kappa shape index (κ2) is 7.53. The van der Waals surface area contributed by atoms with Gasteiger partial charge in [-0.3, -0.25) is 9.48 Å². The minimum Gasteiger partial charge on any atom is -0.352 e. The van der Waals surface area contributed by atoms with Crippen molar-refractivity contribution in [2.24, 2.45) is 16.8 Å². The molecule has 120 valence electrons. The summed E-state index contributed by atoms with van der Waals surface area (Å²) in [5.41, 5.74) is 5.61. The SMILES string of the molecule is CC(C)CC(CN)NC(=O)CCn1cc(S(N)(=O)=O)cn1. The Balaban J connectivity index is 2.47. The van der Waals surface area contributed by atoms with E-state index in [1.807, 2.05) is 0 Å². The fourth-order valence-electron chi connectivity index (χ4n) is 1.91. The van der Waals surface area contributed by atoms with Gasteiger partial charge in [0.2, 0.25) is 15.9 Å². The minimum atomic E-state index is -3.76. The summed E-state index contributed by atoms with van der Waals surface area (Å²) >= 11 is 0. The van der Waals surface area contributed by atoms with Gasteiger partial charge in [0, 0.05) is 31.7 Å². The van der Waals surface area contributed by atoms with Crippen LogP contribution < -0.4 is 16.2 Å². The normalized spacial score (nSPS) is 13.4. The molecule has 0 saturated carbocycles. The molecule has 1 amide bonds. The van der Waals surface area contributed by atoms with Crippen LogP contribution >= 0.6 is 0 Å². The van der Waals surface area contributed by atoms with Crippen molar-refractivity contribution in [2.75, 3.05) is 6.54 Å². The minimum absolute atomic E-state index is 0.0462. The van der Waals surface area contributed by atoms with Crippen LogP contribution in [0.25, 0.3) is 0 Å². The summed E-state index contributed by atoms with van der Waals surface area (Å²) in [6, 6.07) is -0.0462. The van der Waals surface area contributed by atoms with Gasteiger partial charge >= 0.3 is 0 Å². The number of nitrogens with zero attached hydrogens (tertiary/aromatic N) is 2. The number of nitrogens with two attached hydrogens (primary N) is 2. The van der Waals surface area contributed by atoms with E-state index in [9.17, 15) is 13.2 Å². The molecule has 8 nitrogen and oxygen atoms in total. The molecule has 1 rings (SSSR count). The molecule has 0 aliphatic heterocycles. The van der Waals surface area contributed by atoms with Gasteiger partial charge in [-0.2, -0.15) is 5.10 Å². The fraction of sp³-hybridized carbons (Fsp3) is 0.667. The van der Waals surface area contributed by atoms with E-state index in [1.54, 1.807) is 0 Å². The lowest BCUT2D eigenvalue weighted by Crippen LogP contribution is -2.41. The maximum atomic E-state index is 11.8. The maximum absolute atomic E-state index is 11.8. The molecular weight excluding hydrogens is 294 g/mol. The predicted molar refractivity (Wildman–Crippen MR) is 78.7 cm³/mol. The zero-order valence-corrected chi connectivity index (χ0v) is 13.1. The highest BCUT2D eigenvalue weighted by molar-refractivity contribution is 7.89. The van der Waals surface area contributed by atoms with Crippen molar-refractivity contribution in [2.45, 2.75) is 44.2 Å². The fourth-order valence-corrected chi connectivity index (χ4v) is 2.38. The van der Waals surface area contributed by atoms with E-state index in [-0.39, 0.29) is 29.8 Å². The standard InChI is InChI=1S/C12H23N5O3S/c1-9(2)5-10(6-13)16-12(18)3-4-17-8-11(7-15-17)21(14,19)20/h7-10H,3-6,13H2,1-2H3,(H,16,18)(H2,14,19,20). The first-order valence-corrected chi connectivity index (χ1v) is 8.31. The summed E-state index contributed by atoms with van der Waals surface area (Å²) in [7, 11) is -3.76. The summed E-state index contributed by atoms with van der Waals surface area (Å²) in [5, 5.41) is 11.7. The molecule has 0 aliphatic rings. The Labute approximate surface area is 124 Å². The molecule has 0 saturated heterocycles. The van der Waals surface area contributed by atoms with Gasteiger partial charge in [-0.15, -0.1) is 0 Å². The Morgan fingerprint density at radius 1 is 1.48 bits per heavy atom. The number of sulfonamides is 1. The highest BCUT2D eigenvalue weighted by atomic mass is 32.2. The number of hydrogen-bond acceptors (Lipinski definition) is 5. The second-order valence-electron chi connectivity index (χ2n) is 5.36. The first kappa shape index (κ1) is 17.6. The lowest BCUT2D eigenvalue weighted by atomic mass is 10.0. The third-order valence-corrected chi connectivity index (χ3v) is 3.78. The van der Waals surface area contributed by atoms with Crippen molar-refractivity contribution in [3.8, 4) is 0 Å². The van der Waals surface area contributed by atoms with Crippen molar-refractivity contribution >= 4 is 15.9 Å². The van der Waals surface area contributed by atoms with Crippen molar-refractivity contribution in [3.05, 3.63) is 12.4 Å². The highest BCUT2D eigenvalue weighted by Gasteiger charge is 2.14. The molecule has 1 aromatic rings. The number of primary sulfonamides is 1. The molecule has 0 aliphatic carbocycles. The van der Waals surface area contributed by atoms with Crippen LogP contribution in [0.15, 0.2) is 17.3 Å². The summed E-state index contributed by atoms with van der Waals surface area (Å²) < 4.78 is 23.6. The number of carbonyl (C=O) groups excluding carboxylic acids is 1. The van der Waals surface area contributed by atoms with Crippen LogP contribution in [-0.4, -0.2) is 36.7 Å². The van der Waals surface area contributed by atoms with Crippen LogP contribution in [0, 0.1) is 5.92 Å². The van der Waals surface area contributed by atoms with Crippen LogP contribution in [0.4, 0.5) is 0 Å². The van der Waals surface area contributed by atoms with E-state index >= 15 is 0 Å². The first-order chi connectivity index (χ1) is 9.72. The van der Waals surface area contributed by atoms with Gasteiger partial charge in [0.1, 0.15) is 4.90 Å². The van der Waals surface area contributed by atoms with E-state index in [0.717, 1.165) is 12.6 Å². The van der Waals surface area contributed by atoms with Crippen LogP contribution in [0.2, 0.25) is 0 Å². The number of carbonyl (C=O) groups is 1. The van der Waals surface area contributed by atoms with Gasteiger partial charge in [0.25, 0.3) is 0 Å². The topological polar surface area (TPSA) is 133 Å². The number of aromatic nitrogens is 2. The molecule has 0 fully saturated rings. The van der Waals surface area contributed by atoms with Gasteiger partial charge in [-0.25, -0.2) is 13.6 Å². The molecule has 0 aromatic carbocycles. The van der Waals surface area contributed by atoms with Crippen molar-refractivity contribution in [1.29, 1.82) is 0 Å². The quantitative estimate of drug-likeness (QED) is 0.589. The summed E-state index contributed by atoms with van der Waals surface area (Å²) in [6.07, 6.45) is 3.48. The van der Waals surface area contributed by atoms with Crippen molar-refractivity contribution in [1.82, 2.24) is 15.1 Å². The second-order valence-corrected chi connectivity index (χ2v) is 6.93. The first-order valence-electron chi connectivity index (χ1n) is 6.77. The van der Waals surface area contributed by atoms with Crippen LogP contribution in [-0.2, 0) is 21.4 Å². The molecule has 1 atom stereocenters. The number of hydrogen-bond donors (Lipinski definition) is 3. The van der Waals surface area contributed by atoms with Gasteiger partial charge in [0.15, 0.2) is 0 Å². The van der Waals surface area contributed by atoms with Crippen molar-refractivity contribution in [3.63, 3.8) is 0 Å². The monoisotopic (exact) mass is 317 g/mol. The Morgan fingerprint density at radius 3 is 2.62 bits per heavy atom. The van der Waals surface area contributed by atoms with Crippen LogP contribution in [0.3, 0.4) is 0 Å². The molecule has 5 N–H and O–H groups in total. The smallest absolute Gasteiger partial charge is 0.241 e. The van der Waals surface area contributed by atoms with Gasteiger partial charge < -0.3 is 11.1 Å². The third kappa shape index (κ3) is 6.23. The molecule has 1 aromatic heterocycles. The van der Waals surface area contributed by atoms with E-state index in [2.05, 4.69) is 24.3 Å². The number of rotatable bonds is 8. The van der Waals surface area contributed by atoms with E-state index in [0.29, 0.717) is 12.5 Å². The number of aryl methyl sites for hydroxylation is 1. The average molecular weight is 317 g/mol. The van der Waals surface area contributed by atoms with Gasteiger partial charge in [-0.05, 0) is 12.3 Å². The molecule has 0 bridgehead atoms. The molecule has 0 radical (unpaired) electrons. The number of nitrogens with one attached hydrogen (secondary N) is 1. The molecule has 21 heavy (non-hydrogen) atoms. The van der Waals surface area contributed by atoms with E-state index in [4.69, 9.17) is 10.9 Å². The Hall–Kier alpha value is -1.45. The third-order valence-electron chi connectivity index (χ3n) is 2.91. The predicted octanol–water partition coefficient (Wildman–Crippen LogP) is -0.590. The van der Waals surface area contributed by atoms with Crippen LogP contribution in [0.1, 0.15) is 26.7 Å². The van der Waals surface area contributed by atoms with Crippen LogP contribution in [0.5, 0.6) is 0 Å². The molecular formula is C12H23N5O3S. The maximum Gasteiger partial charge on any atom is 0.241 e. The molecule has 1 heterocycles. The largest absolute Gasteiger partial charge is 0.352 e. The lowest BCUT2D eigenvalue weighted by Gasteiger charge is -2.18. The Kier molecular flexibility index (Phi) is 6.31. The summed E-state index contributed by atoms with van der Waals surface area (Å²) in [4.78, 5) is 11.8. The van der Waals surface area contributed by atoms with Crippen molar-refractivity contribution < 1.29 is 13.2 Å². The zero-order valence-electron chi connectivity index (χ0n) is 12.3. The van der Waals surface area contributed by atoms with E-state index < -0.39 is 10.0 Å². The summed E-state index contributed by atoms with van der Waals surface area (Å²) in [6.45, 7) is 4.79. The summed E-state index contributed by atoms with van der Waals surface area (Å²) in [5.74, 6) is 0.307. The molecule has 9 heteroatoms. The average Bonchev–Trinajstić information content (AvgIpc) is 2.83. The highest BCUT2D eigenvalue weighted by Crippen LogP contribution is 2.06. The molecule has 1 unspecified atom stereocenters. The molecule has 0 spiro atoms.